The molecule has 0 saturated carbocycles. The maximum atomic E-state index is 12.0. The van der Waals surface area contributed by atoms with Crippen molar-refractivity contribution >= 4 is 21.8 Å². The first-order valence-corrected chi connectivity index (χ1v) is 8.34. The van der Waals surface area contributed by atoms with Gasteiger partial charge in [0.25, 0.3) is 5.91 Å². The number of hydrogen-bond acceptors (Lipinski definition) is 4. The quantitative estimate of drug-likeness (QED) is 0.725. The Morgan fingerprint density at radius 2 is 1.79 bits per heavy atom. The van der Waals surface area contributed by atoms with Crippen LogP contribution in [0, 0.1) is 6.92 Å². The number of aryl methyl sites for hydroxylation is 1. The highest BCUT2D eigenvalue weighted by molar-refractivity contribution is 9.10. The van der Waals surface area contributed by atoms with Gasteiger partial charge in [0.1, 0.15) is 0 Å². The number of nitrogens with zero attached hydrogens (tertiary/aromatic N) is 2. The lowest BCUT2D eigenvalue weighted by Crippen LogP contribution is -2.25. The number of carbonyl (C=O) groups excluding carboxylic acids is 1. The Hall–Kier alpha value is -2.47. The molecule has 0 saturated heterocycles. The molecule has 0 fully saturated rings. The highest BCUT2D eigenvalue weighted by atomic mass is 79.9. The fraction of sp³-hybridized carbons (Fsp3) is 0.167. The van der Waals surface area contributed by atoms with E-state index >= 15 is 0 Å². The summed E-state index contributed by atoms with van der Waals surface area (Å²) >= 11 is 3.34. The van der Waals surface area contributed by atoms with Crippen molar-refractivity contribution < 1.29 is 9.21 Å². The van der Waals surface area contributed by atoms with Crippen LogP contribution in [0.4, 0.5) is 0 Å². The monoisotopic (exact) mass is 385 g/mol. The van der Waals surface area contributed by atoms with Crippen LogP contribution >= 0.6 is 15.9 Å². The van der Waals surface area contributed by atoms with Gasteiger partial charge in [-0.05, 0) is 43.3 Å². The molecule has 0 aliphatic heterocycles. The molecule has 1 heterocycles. The fourth-order valence-corrected chi connectivity index (χ4v) is 2.42. The number of rotatable bonds is 5. The minimum absolute atomic E-state index is 0.124. The zero-order chi connectivity index (χ0) is 16.9. The summed E-state index contributed by atoms with van der Waals surface area (Å²) in [6.45, 7) is 2.46. The molecule has 5 nitrogen and oxygen atoms in total. The number of hydrogen-bond donors (Lipinski definition) is 1. The number of carbonyl (C=O) groups is 1. The highest BCUT2D eigenvalue weighted by Crippen LogP contribution is 2.18. The van der Waals surface area contributed by atoms with Crippen molar-refractivity contribution in [2.45, 2.75) is 13.3 Å². The first-order chi connectivity index (χ1) is 11.6. The van der Waals surface area contributed by atoms with E-state index in [1.807, 2.05) is 43.3 Å². The van der Waals surface area contributed by atoms with Crippen LogP contribution in [0.15, 0.2) is 57.4 Å². The van der Waals surface area contributed by atoms with E-state index < -0.39 is 0 Å². The molecule has 1 N–H and O–H groups in total. The van der Waals surface area contributed by atoms with Crippen molar-refractivity contribution in [2.24, 2.45) is 0 Å². The second-order valence-electron chi connectivity index (χ2n) is 5.38. The average molecular weight is 386 g/mol. The van der Waals surface area contributed by atoms with E-state index in [0.717, 1.165) is 10.0 Å². The van der Waals surface area contributed by atoms with Gasteiger partial charge in [0.15, 0.2) is 0 Å². The third-order valence-corrected chi connectivity index (χ3v) is 4.02. The Morgan fingerprint density at radius 1 is 1.08 bits per heavy atom. The largest absolute Gasteiger partial charge is 0.421 e. The summed E-state index contributed by atoms with van der Waals surface area (Å²) in [6, 6.07) is 15.1. The summed E-state index contributed by atoms with van der Waals surface area (Å²) in [5, 5.41) is 10.9. The maximum absolute atomic E-state index is 12.0. The second kappa shape index (κ2) is 7.40. The molecule has 2 aromatic carbocycles. The third-order valence-electron chi connectivity index (χ3n) is 3.50. The summed E-state index contributed by atoms with van der Waals surface area (Å²) in [5.74, 6) is 0.867. The molecule has 0 bridgehead atoms. The highest BCUT2D eigenvalue weighted by Gasteiger charge is 2.09. The molecule has 3 rings (SSSR count). The van der Waals surface area contributed by atoms with E-state index in [1.165, 1.54) is 5.56 Å². The van der Waals surface area contributed by atoms with Crippen molar-refractivity contribution in [3.8, 4) is 11.5 Å². The Bertz CT molecular complexity index is 826. The van der Waals surface area contributed by atoms with E-state index in [2.05, 4.69) is 31.4 Å². The van der Waals surface area contributed by atoms with Gasteiger partial charge in [0.2, 0.25) is 11.8 Å². The van der Waals surface area contributed by atoms with Gasteiger partial charge >= 0.3 is 0 Å². The van der Waals surface area contributed by atoms with Gasteiger partial charge in [-0.15, -0.1) is 10.2 Å². The van der Waals surface area contributed by atoms with Crippen molar-refractivity contribution in [1.29, 1.82) is 0 Å². The lowest BCUT2D eigenvalue weighted by Gasteiger charge is -2.03. The van der Waals surface area contributed by atoms with Crippen LogP contribution in [-0.4, -0.2) is 22.6 Å². The van der Waals surface area contributed by atoms with Crippen molar-refractivity contribution in [3.63, 3.8) is 0 Å². The van der Waals surface area contributed by atoms with Crippen molar-refractivity contribution in [1.82, 2.24) is 15.5 Å². The normalized spacial score (nSPS) is 10.6. The molecule has 6 heteroatoms. The Balaban J connectivity index is 1.55. The van der Waals surface area contributed by atoms with E-state index in [0.29, 0.717) is 30.3 Å². The zero-order valence-electron chi connectivity index (χ0n) is 13.1. The summed E-state index contributed by atoms with van der Waals surface area (Å²) in [5.41, 5.74) is 2.68. The van der Waals surface area contributed by atoms with Gasteiger partial charge in [0.05, 0.1) is 0 Å². The number of aromatic nitrogens is 2. The Labute approximate surface area is 148 Å². The molecule has 0 aliphatic rings. The fourth-order valence-electron chi connectivity index (χ4n) is 2.15. The van der Waals surface area contributed by atoms with Gasteiger partial charge in [-0.2, -0.15) is 0 Å². The molecule has 0 unspecified atom stereocenters. The minimum Gasteiger partial charge on any atom is -0.421 e. The van der Waals surface area contributed by atoms with Crippen LogP contribution in [0.2, 0.25) is 0 Å². The van der Waals surface area contributed by atoms with Crippen LogP contribution in [0.3, 0.4) is 0 Å². The number of amides is 1. The lowest BCUT2D eigenvalue weighted by atomic mass is 10.1. The number of nitrogens with one attached hydrogen (secondary N) is 1. The Kier molecular flexibility index (Phi) is 5.05. The van der Waals surface area contributed by atoms with Gasteiger partial charge < -0.3 is 9.73 Å². The molecule has 1 aromatic heterocycles. The molecule has 122 valence electrons. The topological polar surface area (TPSA) is 68.0 Å². The summed E-state index contributed by atoms with van der Waals surface area (Å²) in [4.78, 5) is 12.0. The predicted molar refractivity (Wildman–Crippen MR) is 94.7 cm³/mol. The molecule has 24 heavy (non-hydrogen) atoms. The second-order valence-corrected chi connectivity index (χ2v) is 6.30. The van der Waals surface area contributed by atoms with Crippen LogP contribution in [-0.2, 0) is 6.42 Å². The number of benzene rings is 2. The summed E-state index contributed by atoms with van der Waals surface area (Å²) in [6.07, 6.45) is 0.487. The predicted octanol–water partition coefficient (Wildman–Crippen LogP) is 3.78. The summed E-state index contributed by atoms with van der Waals surface area (Å²) in [7, 11) is 0. The third kappa shape index (κ3) is 4.08. The molecular formula is C18H16BrN3O2. The van der Waals surface area contributed by atoms with Crippen LogP contribution < -0.4 is 5.32 Å². The molecule has 0 radical (unpaired) electrons. The molecule has 0 spiro atoms. The van der Waals surface area contributed by atoms with Gasteiger partial charge in [-0.25, -0.2) is 0 Å². The standard InChI is InChI=1S/C18H16BrN3O2/c1-12-2-4-14(5-3-12)18-22-21-16(24-18)10-11-20-17(23)13-6-8-15(19)9-7-13/h2-9H,10-11H2,1H3,(H,20,23). The summed E-state index contributed by atoms with van der Waals surface area (Å²) < 4.78 is 6.57. The van der Waals surface area contributed by atoms with E-state index in [-0.39, 0.29) is 5.91 Å². The van der Waals surface area contributed by atoms with Crippen molar-refractivity contribution in [3.05, 3.63) is 70.0 Å². The molecular weight excluding hydrogens is 370 g/mol. The lowest BCUT2D eigenvalue weighted by molar-refractivity contribution is 0.0953. The first-order valence-electron chi connectivity index (χ1n) is 7.55. The van der Waals surface area contributed by atoms with Crippen LogP contribution in [0.25, 0.3) is 11.5 Å². The smallest absolute Gasteiger partial charge is 0.251 e. The molecule has 0 aliphatic carbocycles. The average Bonchev–Trinajstić information content (AvgIpc) is 3.05. The molecule has 3 aromatic rings. The SMILES string of the molecule is Cc1ccc(-c2nnc(CCNC(=O)c3ccc(Br)cc3)o2)cc1. The van der Waals surface area contributed by atoms with Crippen LogP contribution in [0.5, 0.6) is 0 Å². The maximum Gasteiger partial charge on any atom is 0.251 e. The van der Waals surface area contributed by atoms with E-state index in [1.54, 1.807) is 12.1 Å². The van der Waals surface area contributed by atoms with Gasteiger partial charge in [0, 0.05) is 28.6 Å². The van der Waals surface area contributed by atoms with Crippen LogP contribution in [0.1, 0.15) is 21.8 Å². The van der Waals surface area contributed by atoms with Gasteiger partial charge in [-0.1, -0.05) is 33.6 Å². The zero-order valence-corrected chi connectivity index (χ0v) is 14.7. The van der Waals surface area contributed by atoms with Gasteiger partial charge in [-0.3, -0.25) is 4.79 Å². The van der Waals surface area contributed by atoms with Crippen molar-refractivity contribution in [2.75, 3.05) is 6.54 Å². The minimum atomic E-state index is -0.124. The first kappa shape index (κ1) is 16.4. The molecule has 0 atom stereocenters. The number of halogens is 1. The molecule has 1 amide bonds. The Morgan fingerprint density at radius 3 is 2.50 bits per heavy atom. The van der Waals surface area contributed by atoms with E-state index in [4.69, 9.17) is 4.42 Å². The van der Waals surface area contributed by atoms with E-state index in [9.17, 15) is 4.79 Å².